The molecule has 4 aliphatic rings. The number of nitrogens with zero attached hydrogens (tertiary/aromatic N) is 4. The van der Waals surface area contributed by atoms with Gasteiger partial charge in [0.25, 0.3) is 0 Å². The summed E-state index contributed by atoms with van der Waals surface area (Å²) >= 11 is 0. The van der Waals surface area contributed by atoms with Crippen LogP contribution in [0.25, 0.3) is 0 Å². The van der Waals surface area contributed by atoms with E-state index in [2.05, 4.69) is 15.2 Å². The summed E-state index contributed by atoms with van der Waals surface area (Å²) in [5, 5.41) is 3.29. The second-order valence-electron chi connectivity index (χ2n) is 10.6. The van der Waals surface area contributed by atoms with Crippen LogP contribution >= 0.6 is 0 Å². The van der Waals surface area contributed by atoms with Gasteiger partial charge in [0.1, 0.15) is 17.6 Å². The number of carbonyl (C=O) groups is 1. The molecule has 0 unspecified atom stereocenters. The van der Waals surface area contributed by atoms with Crippen molar-refractivity contribution in [2.24, 2.45) is 5.41 Å². The number of benzene rings is 1. The van der Waals surface area contributed by atoms with E-state index < -0.39 is 10.0 Å². The molecule has 1 aromatic heterocycles. The van der Waals surface area contributed by atoms with Crippen molar-refractivity contribution in [1.82, 2.24) is 9.29 Å². The Balaban J connectivity index is 1.27. The molecule has 1 N–H and O–H groups in total. The van der Waals surface area contributed by atoms with E-state index in [0.717, 1.165) is 24.2 Å². The summed E-state index contributed by atoms with van der Waals surface area (Å²) in [5.74, 6) is 0.997. The van der Waals surface area contributed by atoms with E-state index in [0.29, 0.717) is 56.8 Å². The number of pyridine rings is 1. The predicted octanol–water partition coefficient (Wildman–Crippen LogP) is 2.21. The molecule has 4 aliphatic heterocycles. The average Bonchev–Trinajstić information content (AvgIpc) is 2.86. The van der Waals surface area contributed by atoms with Gasteiger partial charge < -0.3 is 29.3 Å². The molecule has 38 heavy (non-hydrogen) atoms. The van der Waals surface area contributed by atoms with Gasteiger partial charge in [-0.1, -0.05) is 0 Å². The number of fused-ring (bicyclic) bond motifs is 1. The van der Waals surface area contributed by atoms with E-state index in [1.54, 1.807) is 36.3 Å². The van der Waals surface area contributed by atoms with Gasteiger partial charge in [-0.15, -0.1) is 0 Å². The van der Waals surface area contributed by atoms with Crippen LogP contribution in [0.5, 0.6) is 5.75 Å². The Bertz CT molecular complexity index is 1350. The van der Waals surface area contributed by atoms with Gasteiger partial charge in [0, 0.05) is 56.9 Å². The second-order valence-corrected chi connectivity index (χ2v) is 12.6. The van der Waals surface area contributed by atoms with Crippen molar-refractivity contribution in [2.45, 2.75) is 36.7 Å². The van der Waals surface area contributed by atoms with Gasteiger partial charge in [0.15, 0.2) is 0 Å². The van der Waals surface area contributed by atoms with E-state index in [9.17, 15) is 13.2 Å². The predicted molar refractivity (Wildman–Crippen MR) is 142 cm³/mol. The third-order valence-electron chi connectivity index (χ3n) is 8.10. The van der Waals surface area contributed by atoms with Crippen molar-refractivity contribution >= 4 is 38.8 Å². The molecule has 0 aliphatic carbocycles. The first-order chi connectivity index (χ1) is 18.2. The molecule has 0 radical (unpaired) electrons. The smallest absolute Gasteiger partial charge is 0.249 e. The molecule has 6 rings (SSSR count). The molecular weight excluding hydrogens is 510 g/mol. The van der Waals surface area contributed by atoms with Crippen LogP contribution in [-0.2, 0) is 24.3 Å². The minimum atomic E-state index is -3.62. The van der Waals surface area contributed by atoms with Gasteiger partial charge in [-0.25, -0.2) is 13.4 Å². The number of aromatic nitrogens is 1. The molecular formula is C26H33N5O6S. The highest BCUT2D eigenvalue weighted by Crippen LogP contribution is 2.42. The molecule has 5 heterocycles. The number of rotatable bonds is 6. The van der Waals surface area contributed by atoms with Crippen LogP contribution < -0.4 is 19.9 Å². The number of ether oxygens (including phenoxy) is 3. The number of sulfonamides is 1. The Morgan fingerprint density at radius 1 is 1.11 bits per heavy atom. The Labute approximate surface area is 222 Å². The number of carbonyl (C=O) groups excluding carboxylic acids is 1. The van der Waals surface area contributed by atoms with Gasteiger partial charge in [-0.3, -0.25) is 4.79 Å². The van der Waals surface area contributed by atoms with Gasteiger partial charge in [-0.2, -0.15) is 4.31 Å². The zero-order valence-electron chi connectivity index (χ0n) is 21.8. The lowest BCUT2D eigenvalue weighted by molar-refractivity contribution is -0.166. The summed E-state index contributed by atoms with van der Waals surface area (Å²) in [6.07, 6.45) is 3.39. The molecule has 11 nitrogen and oxygen atoms in total. The SMILES string of the molecule is COc1cc(S(=O)(=O)N2CC3(COC3)C2)ccc1Nc1cc2c(cn1)N(C)C(=O)[C@@H](C)N2C1CCOCC1. The number of likely N-dealkylation sites (N-methyl/N-ethyl adjacent to an activating group) is 1. The zero-order valence-corrected chi connectivity index (χ0v) is 22.7. The van der Waals surface area contributed by atoms with Crippen molar-refractivity contribution in [3.05, 3.63) is 30.5 Å². The molecule has 1 spiro atoms. The lowest BCUT2D eigenvalue weighted by Gasteiger charge is -2.53. The van der Waals surface area contributed by atoms with Gasteiger partial charge in [-0.05, 0) is 31.9 Å². The highest BCUT2D eigenvalue weighted by molar-refractivity contribution is 7.89. The van der Waals surface area contributed by atoms with Crippen LogP contribution in [-0.4, -0.2) is 89.4 Å². The Hall–Kier alpha value is -2.93. The fourth-order valence-corrected chi connectivity index (χ4v) is 7.52. The molecule has 204 valence electrons. The van der Waals surface area contributed by atoms with E-state index in [-0.39, 0.29) is 28.3 Å². The normalized spacial score (nSPS) is 23.6. The van der Waals surface area contributed by atoms with Crippen LogP contribution in [0.3, 0.4) is 0 Å². The van der Waals surface area contributed by atoms with Gasteiger partial charge >= 0.3 is 0 Å². The lowest BCUT2D eigenvalue weighted by Crippen LogP contribution is -2.66. The Morgan fingerprint density at radius 2 is 1.84 bits per heavy atom. The first-order valence-electron chi connectivity index (χ1n) is 12.9. The maximum atomic E-state index is 13.2. The van der Waals surface area contributed by atoms with Crippen LogP contribution in [0.2, 0.25) is 0 Å². The molecule has 3 saturated heterocycles. The molecule has 1 aromatic carbocycles. The van der Waals surface area contributed by atoms with Crippen molar-refractivity contribution in [1.29, 1.82) is 0 Å². The first kappa shape index (κ1) is 25.4. The molecule has 1 atom stereocenters. The summed E-state index contributed by atoms with van der Waals surface area (Å²) in [4.78, 5) is 21.6. The number of amides is 1. The number of methoxy groups -OCH3 is 1. The summed E-state index contributed by atoms with van der Waals surface area (Å²) in [6, 6.07) is 6.65. The van der Waals surface area contributed by atoms with Crippen molar-refractivity contribution in [2.75, 3.05) is 68.8 Å². The minimum Gasteiger partial charge on any atom is -0.495 e. The van der Waals surface area contributed by atoms with E-state index in [1.807, 2.05) is 13.0 Å². The summed E-state index contributed by atoms with van der Waals surface area (Å²) in [7, 11) is -0.339. The standard InChI is InChI=1S/C26H33N5O6S/c1-17-25(32)29(2)22-12-27-24(11-21(22)31(17)18-6-8-36-9-7-18)28-20-5-4-19(10-23(20)35-3)38(33,34)30-13-26(14-30)15-37-16-26/h4-5,10-12,17-18H,6-9,13-16H2,1-3H3,(H,27,28)/t17-/m1/s1. The van der Waals surface area contributed by atoms with E-state index >= 15 is 0 Å². The van der Waals surface area contributed by atoms with Crippen molar-refractivity contribution in [3.63, 3.8) is 0 Å². The molecule has 2 aromatic rings. The lowest BCUT2D eigenvalue weighted by atomic mass is 9.80. The van der Waals surface area contributed by atoms with Crippen LogP contribution in [0.15, 0.2) is 35.4 Å². The maximum Gasteiger partial charge on any atom is 0.249 e. The highest BCUT2D eigenvalue weighted by atomic mass is 32.2. The monoisotopic (exact) mass is 543 g/mol. The fraction of sp³-hybridized carbons (Fsp3) is 0.538. The highest BCUT2D eigenvalue weighted by Gasteiger charge is 2.53. The second kappa shape index (κ2) is 9.37. The summed E-state index contributed by atoms with van der Waals surface area (Å²) < 4.78 is 44.2. The summed E-state index contributed by atoms with van der Waals surface area (Å²) in [5.41, 5.74) is 2.26. The molecule has 0 saturated carbocycles. The fourth-order valence-electron chi connectivity index (χ4n) is 5.84. The first-order valence-corrected chi connectivity index (χ1v) is 14.3. The topological polar surface area (TPSA) is 114 Å². The maximum absolute atomic E-state index is 13.2. The number of anilines is 4. The summed E-state index contributed by atoms with van der Waals surface area (Å²) in [6.45, 7) is 5.47. The molecule has 0 bridgehead atoms. The molecule has 12 heteroatoms. The van der Waals surface area contributed by atoms with Crippen molar-refractivity contribution < 1.29 is 27.4 Å². The number of hydrogen-bond acceptors (Lipinski definition) is 9. The van der Waals surface area contributed by atoms with Gasteiger partial charge in [0.05, 0.1) is 48.5 Å². The van der Waals surface area contributed by atoms with Crippen molar-refractivity contribution in [3.8, 4) is 5.75 Å². The third-order valence-corrected chi connectivity index (χ3v) is 9.89. The van der Waals surface area contributed by atoms with E-state index in [4.69, 9.17) is 14.2 Å². The quantitative estimate of drug-likeness (QED) is 0.586. The Kier molecular flexibility index (Phi) is 6.25. The van der Waals surface area contributed by atoms with Gasteiger partial charge in [0.2, 0.25) is 15.9 Å². The van der Waals surface area contributed by atoms with Crippen LogP contribution in [0, 0.1) is 5.41 Å². The number of nitrogens with one attached hydrogen (secondary N) is 1. The van der Waals surface area contributed by atoms with Crippen LogP contribution in [0.4, 0.5) is 22.9 Å². The molecule has 1 amide bonds. The van der Waals surface area contributed by atoms with Crippen LogP contribution in [0.1, 0.15) is 19.8 Å². The largest absolute Gasteiger partial charge is 0.495 e. The molecule has 3 fully saturated rings. The van der Waals surface area contributed by atoms with E-state index in [1.165, 1.54) is 11.4 Å². The Morgan fingerprint density at radius 3 is 2.50 bits per heavy atom. The average molecular weight is 544 g/mol. The third kappa shape index (κ3) is 4.10. The zero-order chi connectivity index (χ0) is 26.7. The number of hydrogen-bond donors (Lipinski definition) is 1. The minimum absolute atomic E-state index is 0.00845.